The van der Waals surface area contributed by atoms with Gasteiger partial charge < -0.3 is 9.52 Å². The Hall–Kier alpha value is -1.84. The molecule has 0 radical (unpaired) electrons. The highest BCUT2D eigenvalue weighted by Gasteiger charge is 2.14. The summed E-state index contributed by atoms with van der Waals surface area (Å²) in [6.45, 7) is 0. The fourth-order valence-electron chi connectivity index (χ4n) is 2.02. The molecule has 3 aromatic rings. The van der Waals surface area contributed by atoms with Gasteiger partial charge in [0.05, 0.1) is 0 Å². The first kappa shape index (κ1) is 12.2. The zero-order chi connectivity index (χ0) is 13.2. The third-order valence-corrected chi connectivity index (χ3v) is 3.19. The summed E-state index contributed by atoms with van der Waals surface area (Å²) in [5.41, 5.74) is 1.55. The van der Waals surface area contributed by atoms with Gasteiger partial charge in [0, 0.05) is 28.7 Å². The second kappa shape index (κ2) is 5.03. The van der Waals surface area contributed by atoms with Crippen LogP contribution in [0.5, 0.6) is 0 Å². The first-order valence-electron chi connectivity index (χ1n) is 5.99. The lowest BCUT2D eigenvalue weighted by atomic mass is 10.1. The molecule has 1 atom stereocenters. The predicted molar refractivity (Wildman–Crippen MR) is 74.1 cm³/mol. The molecule has 2 heterocycles. The zero-order valence-electron chi connectivity index (χ0n) is 10.1. The smallest absolute Gasteiger partial charge is 0.134 e. The number of aliphatic hydroxyl groups is 1. The molecule has 0 saturated heterocycles. The third kappa shape index (κ3) is 2.62. The van der Waals surface area contributed by atoms with Crippen molar-refractivity contribution in [3.8, 4) is 0 Å². The average molecular weight is 274 g/mol. The Kier molecular flexibility index (Phi) is 3.23. The molecule has 1 unspecified atom stereocenters. The number of pyridine rings is 1. The monoisotopic (exact) mass is 273 g/mol. The van der Waals surface area contributed by atoms with Crippen LogP contribution in [0.4, 0.5) is 0 Å². The van der Waals surface area contributed by atoms with Crippen LogP contribution in [0.1, 0.15) is 17.6 Å². The van der Waals surface area contributed by atoms with E-state index in [4.69, 9.17) is 16.0 Å². The summed E-state index contributed by atoms with van der Waals surface area (Å²) in [5.74, 6) is 0.530. The van der Waals surface area contributed by atoms with Gasteiger partial charge in [0.25, 0.3) is 0 Å². The van der Waals surface area contributed by atoms with Crippen molar-refractivity contribution in [2.75, 3.05) is 0 Å². The van der Waals surface area contributed by atoms with Gasteiger partial charge in [0.1, 0.15) is 17.4 Å². The Balaban J connectivity index is 1.87. The summed E-state index contributed by atoms with van der Waals surface area (Å²) in [6.07, 6.45) is 1.43. The summed E-state index contributed by atoms with van der Waals surface area (Å²) in [4.78, 5) is 4.19. The van der Waals surface area contributed by atoms with Crippen molar-refractivity contribution in [2.45, 2.75) is 12.5 Å². The average Bonchev–Trinajstić information content (AvgIpc) is 2.83. The van der Waals surface area contributed by atoms with Crippen LogP contribution in [0.15, 0.2) is 53.1 Å². The molecule has 0 fully saturated rings. The van der Waals surface area contributed by atoms with Gasteiger partial charge in [-0.3, -0.25) is 4.98 Å². The molecule has 0 amide bonds. The van der Waals surface area contributed by atoms with Crippen molar-refractivity contribution < 1.29 is 9.52 Å². The lowest BCUT2D eigenvalue weighted by Crippen LogP contribution is -2.01. The Labute approximate surface area is 115 Å². The Morgan fingerprint density at radius 3 is 2.89 bits per heavy atom. The van der Waals surface area contributed by atoms with Crippen molar-refractivity contribution in [1.29, 1.82) is 0 Å². The zero-order valence-corrected chi connectivity index (χ0v) is 10.8. The number of hydrogen-bond donors (Lipinski definition) is 1. The van der Waals surface area contributed by atoms with Crippen LogP contribution in [0.25, 0.3) is 11.0 Å². The van der Waals surface area contributed by atoms with Crippen LogP contribution in [-0.2, 0) is 6.42 Å². The van der Waals surface area contributed by atoms with E-state index in [1.54, 1.807) is 18.3 Å². The summed E-state index contributed by atoms with van der Waals surface area (Å²) in [6, 6.07) is 12.8. The van der Waals surface area contributed by atoms with Gasteiger partial charge in [-0.1, -0.05) is 17.7 Å². The van der Waals surface area contributed by atoms with Crippen molar-refractivity contribution in [2.24, 2.45) is 0 Å². The molecule has 0 aliphatic heterocycles. The minimum Gasteiger partial charge on any atom is -0.458 e. The number of aromatic nitrogens is 1. The number of fused-ring (bicyclic) bond motifs is 1. The van der Waals surface area contributed by atoms with E-state index in [0.717, 1.165) is 16.7 Å². The van der Waals surface area contributed by atoms with E-state index in [1.807, 2.05) is 30.3 Å². The van der Waals surface area contributed by atoms with E-state index in [0.29, 0.717) is 17.2 Å². The summed E-state index contributed by atoms with van der Waals surface area (Å²) < 4.78 is 5.62. The second-order valence-corrected chi connectivity index (χ2v) is 4.81. The van der Waals surface area contributed by atoms with Gasteiger partial charge in [-0.2, -0.15) is 0 Å². The van der Waals surface area contributed by atoms with Crippen LogP contribution in [0, 0.1) is 0 Å². The van der Waals surface area contributed by atoms with Crippen LogP contribution in [-0.4, -0.2) is 10.1 Å². The van der Waals surface area contributed by atoms with Gasteiger partial charge in [0.15, 0.2) is 0 Å². The lowest BCUT2D eigenvalue weighted by Gasteiger charge is -2.06. The molecule has 4 heteroatoms. The van der Waals surface area contributed by atoms with Gasteiger partial charge >= 0.3 is 0 Å². The molecule has 0 aliphatic carbocycles. The van der Waals surface area contributed by atoms with Crippen molar-refractivity contribution in [1.82, 2.24) is 4.98 Å². The standard InChI is InChI=1S/C15H12ClNO2/c16-11-4-5-14-10(7-11)8-15(19-14)13(18)9-12-3-1-2-6-17-12/h1-8,13,18H,9H2. The number of benzene rings is 1. The fourth-order valence-corrected chi connectivity index (χ4v) is 2.20. The molecule has 0 aliphatic rings. The molecule has 0 spiro atoms. The van der Waals surface area contributed by atoms with E-state index in [2.05, 4.69) is 4.98 Å². The maximum atomic E-state index is 10.2. The van der Waals surface area contributed by atoms with E-state index in [1.165, 1.54) is 0 Å². The largest absolute Gasteiger partial charge is 0.458 e. The van der Waals surface area contributed by atoms with E-state index in [-0.39, 0.29) is 0 Å². The van der Waals surface area contributed by atoms with E-state index >= 15 is 0 Å². The summed E-state index contributed by atoms with van der Waals surface area (Å²) in [5, 5.41) is 11.7. The number of aliphatic hydroxyl groups excluding tert-OH is 1. The lowest BCUT2D eigenvalue weighted by molar-refractivity contribution is 0.151. The minimum absolute atomic E-state index is 0.425. The van der Waals surface area contributed by atoms with Gasteiger partial charge in [-0.05, 0) is 36.4 Å². The first-order chi connectivity index (χ1) is 9.22. The highest BCUT2D eigenvalue weighted by Crippen LogP contribution is 2.27. The van der Waals surface area contributed by atoms with Gasteiger partial charge in [-0.25, -0.2) is 0 Å². The number of furan rings is 1. The number of rotatable bonds is 3. The third-order valence-electron chi connectivity index (χ3n) is 2.95. The molecule has 2 aromatic heterocycles. The van der Waals surface area contributed by atoms with Crippen LogP contribution in [0.2, 0.25) is 5.02 Å². The molecule has 19 heavy (non-hydrogen) atoms. The predicted octanol–water partition coefficient (Wildman–Crippen LogP) is 3.76. The maximum Gasteiger partial charge on any atom is 0.134 e. The van der Waals surface area contributed by atoms with E-state index < -0.39 is 6.10 Å². The normalized spacial score (nSPS) is 12.7. The van der Waals surface area contributed by atoms with E-state index in [9.17, 15) is 5.11 Å². The molecule has 3 rings (SSSR count). The van der Waals surface area contributed by atoms with Crippen LogP contribution < -0.4 is 0 Å². The topological polar surface area (TPSA) is 46.3 Å². The molecule has 3 nitrogen and oxygen atoms in total. The summed E-state index contributed by atoms with van der Waals surface area (Å²) >= 11 is 5.92. The van der Waals surface area contributed by atoms with Crippen molar-refractivity contribution in [3.05, 3.63) is 65.1 Å². The van der Waals surface area contributed by atoms with Gasteiger partial charge in [0.2, 0.25) is 0 Å². The number of nitrogens with zero attached hydrogens (tertiary/aromatic N) is 1. The molecule has 0 saturated carbocycles. The van der Waals surface area contributed by atoms with Crippen molar-refractivity contribution in [3.63, 3.8) is 0 Å². The van der Waals surface area contributed by atoms with Gasteiger partial charge in [-0.15, -0.1) is 0 Å². The fraction of sp³-hybridized carbons (Fsp3) is 0.133. The molecule has 96 valence electrons. The second-order valence-electron chi connectivity index (χ2n) is 4.37. The molecular weight excluding hydrogens is 262 g/mol. The maximum absolute atomic E-state index is 10.2. The minimum atomic E-state index is -0.707. The molecular formula is C15H12ClNO2. The van der Waals surface area contributed by atoms with Crippen LogP contribution >= 0.6 is 11.6 Å². The SMILES string of the molecule is OC(Cc1ccccn1)c1cc2cc(Cl)ccc2o1. The first-order valence-corrected chi connectivity index (χ1v) is 6.37. The Morgan fingerprint density at radius 2 is 2.11 bits per heavy atom. The highest BCUT2D eigenvalue weighted by molar-refractivity contribution is 6.31. The van der Waals surface area contributed by atoms with Crippen LogP contribution in [0.3, 0.4) is 0 Å². The number of halogens is 1. The molecule has 1 N–H and O–H groups in total. The Morgan fingerprint density at radius 1 is 1.21 bits per heavy atom. The molecule has 0 bridgehead atoms. The highest BCUT2D eigenvalue weighted by atomic mass is 35.5. The van der Waals surface area contributed by atoms with Crippen molar-refractivity contribution >= 4 is 22.6 Å². The summed E-state index contributed by atoms with van der Waals surface area (Å²) in [7, 11) is 0. The quantitative estimate of drug-likeness (QED) is 0.790. The number of hydrogen-bond acceptors (Lipinski definition) is 3. The molecule has 1 aromatic carbocycles. The Bertz CT molecular complexity index is 694.